The summed E-state index contributed by atoms with van der Waals surface area (Å²) in [6, 6.07) is 16.8. The lowest BCUT2D eigenvalue weighted by atomic mass is 10.0. The van der Waals surface area contributed by atoms with E-state index in [1.54, 1.807) is 55.6 Å². The monoisotopic (exact) mass is 420 g/mol. The number of fused-ring (bicyclic) bond motifs is 1. The second kappa shape index (κ2) is 8.39. The molecule has 0 aliphatic heterocycles. The van der Waals surface area contributed by atoms with Crippen molar-refractivity contribution < 1.29 is 23.0 Å². The van der Waals surface area contributed by atoms with Gasteiger partial charge >= 0.3 is 0 Å². The van der Waals surface area contributed by atoms with Crippen LogP contribution in [0.15, 0.2) is 66.7 Å². The van der Waals surface area contributed by atoms with Crippen LogP contribution in [0.1, 0.15) is 10.4 Å². The molecule has 0 atom stereocenters. The number of hydrogen-bond donors (Lipinski definition) is 1. The third-order valence-electron chi connectivity index (χ3n) is 4.82. The third-order valence-corrected chi connectivity index (χ3v) is 4.82. The van der Waals surface area contributed by atoms with E-state index in [0.717, 1.165) is 18.2 Å². The molecule has 7 heteroatoms. The molecular weight excluding hydrogens is 402 g/mol. The smallest absolute Gasteiger partial charge is 0.256 e. The Morgan fingerprint density at radius 3 is 2.52 bits per heavy atom. The Bertz CT molecular complexity index is 1290. The maximum Gasteiger partial charge on any atom is 0.256 e. The van der Waals surface area contributed by atoms with Crippen LogP contribution in [0.25, 0.3) is 22.2 Å². The lowest BCUT2D eigenvalue weighted by Gasteiger charge is -2.14. The number of hydrogen-bond acceptors (Lipinski definition) is 4. The highest BCUT2D eigenvalue weighted by Crippen LogP contribution is 2.34. The third kappa shape index (κ3) is 4.02. The topological polar surface area (TPSA) is 60.5 Å². The van der Waals surface area contributed by atoms with E-state index < -0.39 is 17.5 Å². The summed E-state index contributed by atoms with van der Waals surface area (Å²) in [7, 11) is 3.08. The van der Waals surface area contributed by atoms with E-state index in [2.05, 4.69) is 10.3 Å². The highest BCUT2D eigenvalue weighted by molar-refractivity contribution is 6.13. The van der Waals surface area contributed by atoms with Gasteiger partial charge in [0.15, 0.2) is 0 Å². The first-order valence-corrected chi connectivity index (χ1v) is 9.38. The lowest BCUT2D eigenvalue weighted by Crippen LogP contribution is -2.14. The number of nitrogens with zero attached hydrogens (tertiary/aromatic N) is 1. The Hall–Kier alpha value is -4.00. The molecule has 1 aromatic heterocycles. The summed E-state index contributed by atoms with van der Waals surface area (Å²) in [5, 5.41) is 3.02. The van der Waals surface area contributed by atoms with E-state index in [9.17, 15) is 13.6 Å². The minimum Gasteiger partial charge on any atom is -0.497 e. The number of amides is 1. The van der Waals surface area contributed by atoms with Crippen molar-refractivity contribution >= 4 is 22.5 Å². The summed E-state index contributed by atoms with van der Waals surface area (Å²) in [5.41, 5.74) is 1.67. The standard InChI is InChI=1S/C24H18F2N2O3/c1-30-15-8-10-23(31-2)18(12-15)21-13-17(16-5-3-4-6-20(16)27-21)24(29)28-22-11-14(25)7-9-19(22)26/h3-13H,1-2H3,(H,28,29). The van der Waals surface area contributed by atoms with Crippen molar-refractivity contribution in [3.05, 3.63) is 83.9 Å². The molecule has 0 saturated heterocycles. The van der Waals surface area contributed by atoms with Gasteiger partial charge in [-0.05, 0) is 42.5 Å². The van der Waals surface area contributed by atoms with Crippen molar-refractivity contribution in [2.45, 2.75) is 0 Å². The van der Waals surface area contributed by atoms with Crippen molar-refractivity contribution in [3.8, 4) is 22.8 Å². The van der Waals surface area contributed by atoms with E-state index in [4.69, 9.17) is 9.47 Å². The van der Waals surface area contributed by atoms with Crippen molar-refractivity contribution in [1.29, 1.82) is 0 Å². The van der Waals surface area contributed by atoms with Crippen LogP contribution in [-0.2, 0) is 0 Å². The summed E-state index contributed by atoms with van der Waals surface area (Å²) in [6.45, 7) is 0. The van der Waals surface area contributed by atoms with Crippen molar-refractivity contribution in [3.63, 3.8) is 0 Å². The summed E-state index contributed by atoms with van der Waals surface area (Å²) in [6.07, 6.45) is 0. The minimum atomic E-state index is -0.734. The number of halogens is 2. The van der Waals surface area contributed by atoms with Crippen LogP contribution in [0.3, 0.4) is 0 Å². The molecule has 5 nitrogen and oxygen atoms in total. The SMILES string of the molecule is COc1ccc(OC)c(-c2cc(C(=O)Nc3cc(F)ccc3F)c3ccccc3n2)c1. The van der Waals surface area contributed by atoms with Crippen molar-refractivity contribution in [2.24, 2.45) is 0 Å². The van der Waals surface area contributed by atoms with Crippen LogP contribution >= 0.6 is 0 Å². The average Bonchev–Trinajstić information content (AvgIpc) is 2.80. The van der Waals surface area contributed by atoms with Crippen LogP contribution in [-0.4, -0.2) is 25.1 Å². The van der Waals surface area contributed by atoms with E-state index in [1.165, 1.54) is 7.11 Å². The van der Waals surface area contributed by atoms with Crippen LogP contribution in [0.5, 0.6) is 11.5 Å². The van der Waals surface area contributed by atoms with Gasteiger partial charge in [0, 0.05) is 17.0 Å². The van der Waals surface area contributed by atoms with Crippen LogP contribution in [0.4, 0.5) is 14.5 Å². The maximum atomic E-state index is 14.1. The number of benzene rings is 3. The van der Waals surface area contributed by atoms with Gasteiger partial charge < -0.3 is 14.8 Å². The van der Waals surface area contributed by atoms with Crippen LogP contribution in [0.2, 0.25) is 0 Å². The largest absolute Gasteiger partial charge is 0.497 e. The molecule has 0 aliphatic rings. The molecular formula is C24H18F2N2O3. The van der Waals surface area contributed by atoms with Gasteiger partial charge in [-0.3, -0.25) is 4.79 Å². The van der Waals surface area contributed by atoms with Gasteiger partial charge in [-0.1, -0.05) is 18.2 Å². The van der Waals surface area contributed by atoms with Gasteiger partial charge in [-0.25, -0.2) is 13.8 Å². The number of pyridine rings is 1. The number of carbonyl (C=O) groups excluding carboxylic acids is 1. The number of rotatable bonds is 5. The number of carbonyl (C=O) groups is 1. The molecule has 156 valence electrons. The Labute approximate surface area is 177 Å². The molecule has 0 aliphatic carbocycles. The molecule has 0 spiro atoms. The zero-order valence-corrected chi connectivity index (χ0v) is 16.8. The minimum absolute atomic E-state index is 0.244. The van der Waals surface area contributed by atoms with Gasteiger partial charge in [-0.15, -0.1) is 0 Å². The van der Waals surface area contributed by atoms with Crippen LogP contribution < -0.4 is 14.8 Å². The first-order chi connectivity index (χ1) is 15.0. The molecule has 31 heavy (non-hydrogen) atoms. The number of methoxy groups -OCH3 is 2. The molecule has 4 aromatic rings. The van der Waals surface area contributed by atoms with E-state index in [-0.39, 0.29) is 11.3 Å². The molecule has 1 amide bonds. The van der Waals surface area contributed by atoms with Gasteiger partial charge in [0.05, 0.1) is 36.7 Å². The maximum absolute atomic E-state index is 14.1. The Morgan fingerprint density at radius 2 is 1.74 bits per heavy atom. The second-order valence-electron chi connectivity index (χ2n) is 6.72. The predicted molar refractivity (Wildman–Crippen MR) is 115 cm³/mol. The second-order valence-corrected chi connectivity index (χ2v) is 6.72. The molecule has 3 aromatic carbocycles. The Morgan fingerprint density at radius 1 is 0.935 bits per heavy atom. The fraction of sp³-hybridized carbons (Fsp3) is 0.0833. The van der Waals surface area contributed by atoms with E-state index >= 15 is 0 Å². The number of aromatic nitrogens is 1. The fourth-order valence-corrected chi connectivity index (χ4v) is 3.30. The summed E-state index contributed by atoms with van der Waals surface area (Å²) in [4.78, 5) is 17.7. The highest BCUT2D eigenvalue weighted by Gasteiger charge is 2.18. The normalized spacial score (nSPS) is 10.7. The molecule has 1 heterocycles. The highest BCUT2D eigenvalue weighted by atomic mass is 19.1. The van der Waals surface area contributed by atoms with Crippen LogP contribution in [0, 0.1) is 11.6 Å². The predicted octanol–water partition coefficient (Wildman–Crippen LogP) is 5.45. The zero-order valence-electron chi connectivity index (χ0n) is 16.8. The number of anilines is 1. The number of nitrogens with one attached hydrogen (secondary N) is 1. The molecule has 0 radical (unpaired) electrons. The molecule has 0 fully saturated rings. The summed E-state index contributed by atoms with van der Waals surface area (Å²) in [5.74, 6) is -0.836. The average molecular weight is 420 g/mol. The van der Waals surface area contributed by atoms with E-state index in [1.807, 2.05) is 0 Å². The summed E-state index contributed by atoms with van der Waals surface area (Å²) < 4.78 is 38.4. The molecule has 0 bridgehead atoms. The number of para-hydroxylation sites is 1. The Balaban J connectivity index is 1.86. The van der Waals surface area contributed by atoms with Gasteiger partial charge in [-0.2, -0.15) is 0 Å². The van der Waals surface area contributed by atoms with Gasteiger partial charge in [0.1, 0.15) is 23.1 Å². The zero-order chi connectivity index (χ0) is 22.0. The fourth-order valence-electron chi connectivity index (χ4n) is 3.30. The molecule has 4 rings (SSSR count). The molecule has 0 saturated carbocycles. The number of ether oxygens (including phenoxy) is 2. The quantitative estimate of drug-likeness (QED) is 0.466. The lowest BCUT2D eigenvalue weighted by molar-refractivity contribution is 0.102. The summed E-state index contributed by atoms with van der Waals surface area (Å²) >= 11 is 0. The van der Waals surface area contributed by atoms with Gasteiger partial charge in [0.2, 0.25) is 0 Å². The van der Waals surface area contributed by atoms with Gasteiger partial charge in [0.25, 0.3) is 5.91 Å². The first kappa shape index (κ1) is 20.3. The first-order valence-electron chi connectivity index (χ1n) is 9.38. The molecule has 0 unspecified atom stereocenters. The van der Waals surface area contributed by atoms with E-state index in [0.29, 0.717) is 33.7 Å². The Kier molecular flexibility index (Phi) is 5.49. The van der Waals surface area contributed by atoms with Crippen molar-refractivity contribution in [1.82, 2.24) is 4.98 Å². The molecule has 1 N–H and O–H groups in total. The van der Waals surface area contributed by atoms with Crippen molar-refractivity contribution in [2.75, 3.05) is 19.5 Å².